The molecule has 0 amide bonds. The number of rotatable bonds is 4. The molecule has 0 fully saturated rings. The third-order valence-electron chi connectivity index (χ3n) is 3.20. The summed E-state index contributed by atoms with van der Waals surface area (Å²) >= 11 is 0. The maximum Gasteiger partial charge on any atom is 0.196 e. The molecule has 5 nitrogen and oxygen atoms in total. The Morgan fingerprint density at radius 2 is 2.10 bits per heavy atom. The van der Waals surface area contributed by atoms with Crippen molar-refractivity contribution in [3.63, 3.8) is 0 Å². The van der Waals surface area contributed by atoms with Crippen LogP contribution < -0.4 is 4.74 Å². The summed E-state index contributed by atoms with van der Waals surface area (Å²) in [6, 6.07) is 4.49. The highest BCUT2D eigenvalue weighted by atomic mass is 16.6. The second kappa shape index (κ2) is 5.48. The Hall–Kier alpha value is -2.11. The zero-order chi connectivity index (χ0) is 14.8. The lowest BCUT2D eigenvalue weighted by Crippen LogP contribution is -2.29. The predicted molar refractivity (Wildman–Crippen MR) is 72.8 cm³/mol. The van der Waals surface area contributed by atoms with Crippen LogP contribution in [-0.2, 0) is 4.74 Å². The molecule has 1 aliphatic carbocycles. The number of hydrogen-bond donors (Lipinski definition) is 2. The van der Waals surface area contributed by atoms with Gasteiger partial charge in [-0.25, -0.2) is 0 Å². The average Bonchev–Trinajstić information content (AvgIpc) is 2.47. The molecule has 1 atom stereocenters. The number of phenols is 1. The Kier molecular flexibility index (Phi) is 3.92. The maximum atomic E-state index is 12.3. The van der Waals surface area contributed by atoms with Crippen LogP contribution in [-0.4, -0.2) is 36.0 Å². The second-order valence-electron chi connectivity index (χ2n) is 4.46. The van der Waals surface area contributed by atoms with Crippen molar-refractivity contribution in [2.24, 2.45) is 0 Å². The van der Waals surface area contributed by atoms with Gasteiger partial charge in [0.15, 0.2) is 11.6 Å². The number of hydrogen-bond acceptors (Lipinski definition) is 5. The Morgan fingerprint density at radius 1 is 1.35 bits per heavy atom. The van der Waals surface area contributed by atoms with Crippen molar-refractivity contribution in [1.82, 2.24) is 0 Å². The number of aliphatic hydroxyl groups is 1. The molecule has 0 aliphatic heterocycles. The highest BCUT2D eigenvalue weighted by Gasteiger charge is 2.26. The van der Waals surface area contributed by atoms with Crippen LogP contribution in [0, 0.1) is 0 Å². The van der Waals surface area contributed by atoms with Gasteiger partial charge in [-0.15, -0.1) is 0 Å². The number of ether oxygens (including phenoxy) is 2. The van der Waals surface area contributed by atoms with Crippen molar-refractivity contribution >= 4 is 5.78 Å². The maximum absolute atomic E-state index is 12.3. The van der Waals surface area contributed by atoms with Gasteiger partial charge in [0.05, 0.1) is 12.7 Å². The fraction of sp³-hybridized carbons (Fsp3) is 0.267. The van der Waals surface area contributed by atoms with E-state index >= 15 is 0 Å². The number of ketones is 1. The first-order valence-corrected chi connectivity index (χ1v) is 6.08. The molecule has 0 saturated carbocycles. The van der Waals surface area contributed by atoms with E-state index in [1.54, 1.807) is 12.1 Å². The fourth-order valence-electron chi connectivity index (χ4n) is 1.92. The first-order valence-electron chi connectivity index (χ1n) is 6.08. The molecule has 2 N–H and O–H groups in total. The van der Waals surface area contributed by atoms with Crippen molar-refractivity contribution in [2.75, 3.05) is 14.2 Å². The SMILES string of the molecule is COc1ccc(C(=O)C2=CCC(O)(OC)C=C2)c(O)c1. The number of Topliss-reactive ketones (excluding diaryl/α,β-unsaturated/α-hetero) is 1. The van der Waals surface area contributed by atoms with Crippen LogP contribution in [0.15, 0.2) is 42.0 Å². The van der Waals surface area contributed by atoms with Crippen molar-refractivity contribution in [3.05, 3.63) is 47.6 Å². The molecule has 0 radical (unpaired) electrons. The first-order chi connectivity index (χ1) is 9.49. The number of carbonyl (C=O) groups is 1. The van der Waals surface area contributed by atoms with Crippen LogP contribution in [0.4, 0.5) is 0 Å². The number of carbonyl (C=O) groups excluding carboxylic acids is 1. The van der Waals surface area contributed by atoms with E-state index in [-0.39, 0.29) is 23.5 Å². The zero-order valence-electron chi connectivity index (χ0n) is 11.3. The van der Waals surface area contributed by atoms with Gasteiger partial charge in [0.25, 0.3) is 0 Å². The molecule has 1 unspecified atom stereocenters. The summed E-state index contributed by atoms with van der Waals surface area (Å²) in [4.78, 5) is 12.3. The highest BCUT2D eigenvalue weighted by Crippen LogP contribution is 2.28. The van der Waals surface area contributed by atoms with Crippen molar-refractivity contribution in [1.29, 1.82) is 0 Å². The average molecular weight is 276 g/mol. The zero-order valence-corrected chi connectivity index (χ0v) is 11.3. The minimum Gasteiger partial charge on any atom is -0.507 e. The summed E-state index contributed by atoms with van der Waals surface area (Å²) in [6.45, 7) is 0. The van der Waals surface area contributed by atoms with E-state index in [1.807, 2.05) is 0 Å². The van der Waals surface area contributed by atoms with Gasteiger partial charge < -0.3 is 19.7 Å². The third-order valence-corrected chi connectivity index (χ3v) is 3.20. The van der Waals surface area contributed by atoms with Gasteiger partial charge in [-0.05, 0) is 18.2 Å². The molecule has 0 saturated heterocycles. The van der Waals surface area contributed by atoms with Gasteiger partial charge in [0.2, 0.25) is 0 Å². The van der Waals surface area contributed by atoms with E-state index in [4.69, 9.17) is 9.47 Å². The third kappa shape index (κ3) is 2.74. The van der Waals surface area contributed by atoms with Gasteiger partial charge in [0.1, 0.15) is 11.5 Å². The van der Waals surface area contributed by atoms with Crippen molar-refractivity contribution < 1.29 is 24.5 Å². The lowest BCUT2D eigenvalue weighted by molar-refractivity contribution is -0.143. The number of phenolic OH excluding ortho intramolecular Hbond substituents is 1. The molecular formula is C15H16O5. The number of allylic oxidation sites excluding steroid dienone is 2. The Morgan fingerprint density at radius 3 is 2.60 bits per heavy atom. The van der Waals surface area contributed by atoms with E-state index in [2.05, 4.69) is 0 Å². The summed E-state index contributed by atoms with van der Waals surface area (Å²) in [5.74, 6) is -1.36. The minimum absolute atomic E-state index is 0.142. The van der Waals surface area contributed by atoms with Gasteiger partial charge in [0, 0.05) is 25.2 Å². The van der Waals surface area contributed by atoms with Gasteiger partial charge >= 0.3 is 0 Å². The van der Waals surface area contributed by atoms with Crippen LogP contribution in [0.1, 0.15) is 16.8 Å². The van der Waals surface area contributed by atoms with E-state index in [0.29, 0.717) is 11.3 Å². The highest BCUT2D eigenvalue weighted by molar-refractivity contribution is 6.12. The predicted octanol–water partition coefficient (Wildman–Crippen LogP) is 1.80. The molecular weight excluding hydrogens is 260 g/mol. The monoisotopic (exact) mass is 276 g/mol. The van der Waals surface area contributed by atoms with E-state index in [1.165, 1.54) is 38.5 Å². The Labute approximate surface area is 116 Å². The summed E-state index contributed by atoms with van der Waals surface area (Å²) in [5.41, 5.74) is 0.580. The van der Waals surface area contributed by atoms with Gasteiger partial charge in [-0.2, -0.15) is 0 Å². The molecule has 1 aromatic rings. The van der Waals surface area contributed by atoms with E-state index in [9.17, 15) is 15.0 Å². The normalized spacial score (nSPS) is 21.4. The van der Waals surface area contributed by atoms with Crippen molar-refractivity contribution in [3.8, 4) is 11.5 Å². The summed E-state index contributed by atoms with van der Waals surface area (Å²) in [6.07, 6.45) is 4.66. The number of aromatic hydroxyl groups is 1. The molecule has 1 aliphatic rings. The standard InChI is InChI=1S/C15H16O5/c1-19-11-3-4-12(13(16)9-11)14(17)10-5-7-15(18,20-2)8-6-10/h3-7,9,16,18H,8H2,1-2H3. The van der Waals surface area contributed by atoms with Crippen LogP contribution in [0.2, 0.25) is 0 Å². The molecule has 20 heavy (non-hydrogen) atoms. The molecule has 0 aromatic heterocycles. The fourth-order valence-corrected chi connectivity index (χ4v) is 1.92. The first kappa shape index (κ1) is 14.3. The largest absolute Gasteiger partial charge is 0.507 e. The minimum atomic E-state index is -1.37. The summed E-state index contributed by atoms with van der Waals surface area (Å²) in [7, 11) is 2.87. The Balaban J connectivity index is 2.24. The Bertz CT molecular complexity index is 588. The smallest absolute Gasteiger partial charge is 0.196 e. The number of methoxy groups -OCH3 is 2. The van der Waals surface area contributed by atoms with E-state index in [0.717, 1.165) is 0 Å². The summed E-state index contributed by atoms with van der Waals surface area (Å²) in [5, 5.41) is 19.7. The van der Waals surface area contributed by atoms with Crippen LogP contribution in [0.25, 0.3) is 0 Å². The topological polar surface area (TPSA) is 76.0 Å². The second-order valence-corrected chi connectivity index (χ2v) is 4.46. The molecule has 2 rings (SSSR count). The molecule has 106 valence electrons. The van der Waals surface area contributed by atoms with Crippen LogP contribution in [0.3, 0.4) is 0 Å². The van der Waals surface area contributed by atoms with Gasteiger partial charge in [-0.3, -0.25) is 4.79 Å². The van der Waals surface area contributed by atoms with Crippen LogP contribution in [0.5, 0.6) is 11.5 Å². The van der Waals surface area contributed by atoms with E-state index < -0.39 is 5.79 Å². The van der Waals surface area contributed by atoms with Crippen LogP contribution >= 0.6 is 0 Å². The quantitative estimate of drug-likeness (QED) is 0.648. The summed E-state index contributed by atoms with van der Waals surface area (Å²) < 4.78 is 9.88. The molecule has 0 spiro atoms. The molecule has 1 aromatic carbocycles. The molecule has 5 heteroatoms. The lowest BCUT2D eigenvalue weighted by atomic mass is 9.95. The lowest BCUT2D eigenvalue weighted by Gasteiger charge is -2.24. The van der Waals surface area contributed by atoms with Crippen molar-refractivity contribution in [2.45, 2.75) is 12.2 Å². The van der Waals surface area contributed by atoms with Gasteiger partial charge in [-0.1, -0.05) is 12.2 Å². The molecule has 0 heterocycles. The number of benzene rings is 1. The molecule has 0 bridgehead atoms.